The van der Waals surface area contributed by atoms with Gasteiger partial charge in [0.2, 0.25) is 0 Å². The Hall–Kier alpha value is -2.55. The molecule has 0 amide bonds. The number of phosphoric acid groups is 1. The molecule has 0 N–H and O–H groups in total. The maximum atomic E-state index is 12.7. The molecule has 352 valence electrons. The number of quaternary nitrogens is 1. The van der Waals surface area contributed by atoms with Crippen LogP contribution in [0.3, 0.4) is 0 Å². The van der Waals surface area contributed by atoms with E-state index >= 15 is 0 Å². The summed E-state index contributed by atoms with van der Waals surface area (Å²) in [6, 6.07) is 0. The second kappa shape index (κ2) is 42.7. The zero-order valence-electron chi connectivity index (χ0n) is 39.6. The zero-order valence-corrected chi connectivity index (χ0v) is 40.5. The summed E-state index contributed by atoms with van der Waals surface area (Å²) < 4.78 is 33.8. The zero-order chi connectivity index (χ0) is 45.0. The Bertz CT molecular complexity index is 1270. The minimum absolute atomic E-state index is 0.0329. The molecule has 9 nitrogen and oxygen atoms in total. The van der Waals surface area contributed by atoms with Crippen molar-refractivity contribution in [2.24, 2.45) is 0 Å². The Labute approximate surface area is 374 Å². The van der Waals surface area contributed by atoms with Gasteiger partial charge in [-0.2, -0.15) is 0 Å². The standard InChI is InChI=1S/C51H90NO8P/c1-6-8-10-12-14-15-16-17-18-19-20-21-22-23-24-25-26-27-28-29-30-31-32-33-34-35-36-37-38-40-42-44-51(54)60-49(47-57-50(53)43-41-39-13-11-9-7-2)48-59-61(55,56)58-46-45-52(3,4)5/h8,10,14-15,17-18,20-21,23-24,26-27,49H,6-7,9,11-13,16,19,22,25,28-48H2,1-5H3/b10-8-,15-14-,18-17-,21-20-,24-23-,27-26-. The molecule has 0 radical (unpaired) electrons. The normalized spacial score (nSPS) is 14.1. The number of hydrogen-bond acceptors (Lipinski definition) is 8. The van der Waals surface area contributed by atoms with Crippen LogP contribution >= 0.6 is 7.82 Å². The molecular formula is C51H90NO8P. The summed E-state index contributed by atoms with van der Waals surface area (Å²) in [6.45, 7) is 4.03. The van der Waals surface area contributed by atoms with Crippen LogP contribution < -0.4 is 4.89 Å². The number of hydrogen-bond donors (Lipinski definition) is 0. The lowest BCUT2D eigenvalue weighted by Gasteiger charge is -2.28. The van der Waals surface area contributed by atoms with Crippen molar-refractivity contribution >= 4 is 19.8 Å². The SMILES string of the molecule is CC/C=C\C/C=C\C/C=C\C/C=C\C/C=C\C/C=C\CCCCCCCCCCCCCCC(=O)OC(COC(=O)CCCCCCCC)COP(=O)([O-])OCC[N+](C)(C)C. The van der Waals surface area contributed by atoms with E-state index in [2.05, 4.69) is 86.8 Å². The second-order valence-electron chi connectivity index (χ2n) is 17.1. The van der Waals surface area contributed by atoms with Gasteiger partial charge in [-0.25, -0.2) is 0 Å². The maximum absolute atomic E-state index is 12.7. The monoisotopic (exact) mass is 876 g/mol. The van der Waals surface area contributed by atoms with Gasteiger partial charge in [-0.15, -0.1) is 0 Å². The fraction of sp³-hybridized carbons (Fsp3) is 0.725. The first kappa shape index (κ1) is 58.5. The molecular weight excluding hydrogens is 786 g/mol. The molecule has 2 unspecified atom stereocenters. The Morgan fingerprint density at radius 3 is 1.39 bits per heavy atom. The molecule has 0 saturated heterocycles. The van der Waals surface area contributed by atoms with Gasteiger partial charge in [-0.3, -0.25) is 14.2 Å². The van der Waals surface area contributed by atoms with Gasteiger partial charge >= 0.3 is 11.9 Å². The number of carbonyl (C=O) groups excluding carboxylic acids is 2. The highest BCUT2D eigenvalue weighted by Gasteiger charge is 2.21. The topological polar surface area (TPSA) is 111 Å². The van der Waals surface area contributed by atoms with Gasteiger partial charge in [0.15, 0.2) is 6.10 Å². The molecule has 0 saturated carbocycles. The van der Waals surface area contributed by atoms with E-state index in [-0.39, 0.29) is 26.1 Å². The molecule has 0 aromatic rings. The van der Waals surface area contributed by atoms with Gasteiger partial charge in [0.25, 0.3) is 7.82 Å². The number of esters is 2. The van der Waals surface area contributed by atoms with Crippen molar-refractivity contribution in [2.75, 3.05) is 47.5 Å². The van der Waals surface area contributed by atoms with Gasteiger partial charge in [-0.1, -0.05) is 183 Å². The molecule has 0 aliphatic carbocycles. The van der Waals surface area contributed by atoms with E-state index in [0.717, 1.165) is 89.9 Å². The van der Waals surface area contributed by atoms with Crippen LogP contribution in [0.2, 0.25) is 0 Å². The first-order valence-corrected chi connectivity index (χ1v) is 25.6. The molecule has 0 heterocycles. The van der Waals surface area contributed by atoms with E-state index in [9.17, 15) is 19.0 Å². The van der Waals surface area contributed by atoms with Crippen molar-refractivity contribution in [2.45, 2.75) is 193 Å². The highest BCUT2D eigenvalue weighted by molar-refractivity contribution is 7.45. The average molecular weight is 876 g/mol. The lowest BCUT2D eigenvalue weighted by Crippen LogP contribution is -2.37. The van der Waals surface area contributed by atoms with Crippen molar-refractivity contribution in [3.8, 4) is 0 Å². The molecule has 61 heavy (non-hydrogen) atoms. The van der Waals surface area contributed by atoms with Crippen molar-refractivity contribution in [1.29, 1.82) is 0 Å². The van der Waals surface area contributed by atoms with Crippen molar-refractivity contribution in [3.63, 3.8) is 0 Å². The van der Waals surface area contributed by atoms with Crippen molar-refractivity contribution in [3.05, 3.63) is 72.9 Å². The number of phosphoric ester groups is 1. The maximum Gasteiger partial charge on any atom is 0.306 e. The first-order chi connectivity index (χ1) is 29.5. The van der Waals surface area contributed by atoms with E-state index in [4.69, 9.17) is 18.5 Å². The fourth-order valence-electron chi connectivity index (χ4n) is 6.25. The number of carbonyl (C=O) groups is 2. The molecule has 0 spiro atoms. The van der Waals surface area contributed by atoms with Crippen LogP contribution in [0, 0.1) is 0 Å². The fourth-order valence-corrected chi connectivity index (χ4v) is 6.97. The molecule has 0 rings (SSSR count). The van der Waals surface area contributed by atoms with E-state index < -0.39 is 32.5 Å². The number of likely N-dealkylation sites (N-methyl/N-ethyl adjacent to an activating group) is 1. The Balaban J connectivity index is 4.02. The summed E-state index contributed by atoms with van der Waals surface area (Å²) in [4.78, 5) is 37.3. The van der Waals surface area contributed by atoms with Gasteiger partial charge in [0.05, 0.1) is 27.7 Å². The summed E-state index contributed by atoms with van der Waals surface area (Å²) >= 11 is 0. The molecule has 0 bridgehead atoms. The Morgan fingerprint density at radius 2 is 0.934 bits per heavy atom. The highest BCUT2D eigenvalue weighted by atomic mass is 31.2. The summed E-state index contributed by atoms with van der Waals surface area (Å²) in [6.07, 6.45) is 54.1. The van der Waals surface area contributed by atoms with Gasteiger partial charge in [0.1, 0.15) is 19.8 Å². The van der Waals surface area contributed by atoms with Crippen molar-refractivity contribution < 1.29 is 42.1 Å². The van der Waals surface area contributed by atoms with E-state index in [1.807, 2.05) is 21.1 Å². The smallest absolute Gasteiger partial charge is 0.306 e. The third kappa shape index (κ3) is 46.8. The average Bonchev–Trinajstić information content (AvgIpc) is 3.21. The van der Waals surface area contributed by atoms with E-state index in [0.29, 0.717) is 17.4 Å². The van der Waals surface area contributed by atoms with E-state index in [1.165, 1.54) is 64.2 Å². The summed E-state index contributed by atoms with van der Waals surface area (Å²) in [5, 5.41) is 0. The van der Waals surface area contributed by atoms with Crippen LogP contribution in [0.25, 0.3) is 0 Å². The molecule has 0 aromatic heterocycles. The van der Waals surface area contributed by atoms with Crippen LogP contribution in [-0.2, 0) is 32.7 Å². The largest absolute Gasteiger partial charge is 0.756 e. The van der Waals surface area contributed by atoms with Crippen LogP contribution in [0.5, 0.6) is 0 Å². The quantitative estimate of drug-likeness (QED) is 0.0196. The molecule has 0 aliphatic rings. The number of ether oxygens (including phenoxy) is 2. The number of nitrogens with zero attached hydrogens (tertiary/aromatic N) is 1. The predicted octanol–water partition coefficient (Wildman–Crippen LogP) is 13.6. The number of rotatable bonds is 43. The minimum Gasteiger partial charge on any atom is -0.756 e. The van der Waals surface area contributed by atoms with E-state index in [1.54, 1.807) is 0 Å². The number of unbranched alkanes of at least 4 members (excludes halogenated alkanes) is 17. The predicted molar refractivity (Wildman–Crippen MR) is 254 cm³/mol. The third-order valence-corrected chi connectivity index (χ3v) is 11.0. The minimum atomic E-state index is -4.62. The van der Waals surface area contributed by atoms with Crippen LogP contribution in [0.1, 0.15) is 187 Å². The van der Waals surface area contributed by atoms with Gasteiger partial charge in [-0.05, 0) is 64.2 Å². The number of allylic oxidation sites excluding steroid dienone is 12. The first-order valence-electron chi connectivity index (χ1n) is 24.1. The molecule has 0 fully saturated rings. The molecule has 0 aromatic carbocycles. The van der Waals surface area contributed by atoms with Gasteiger partial charge in [0, 0.05) is 12.8 Å². The molecule has 10 heteroatoms. The van der Waals surface area contributed by atoms with Crippen LogP contribution in [0.4, 0.5) is 0 Å². The summed E-state index contributed by atoms with van der Waals surface area (Å²) in [5.74, 6) is -0.849. The lowest BCUT2D eigenvalue weighted by molar-refractivity contribution is -0.870. The van der Waals surface area contributed by atoms with Crippen LogP contribution in [0.15, 0.2) is 72.9 Å². The van der Waals surface area contributed by atoms with Crippen molar-refractivity contribution in [1.82, 2.24) is 0 Å². The third-order valence-electron chi connectivity index (χ3n) is 9.99. The molecule has 2 atom stereocenters. The Kier molecular flexibility index (Phi) is 40.9. The second-order valence-corrected chi connectivity index (χ2v) is 18.5. The van der Waals surface area contributed by atoms with Crippen LogP contribution in [-0.4, -0.2) is 70.0 Å². The lowest BCUT2D eigenvalue weighted by atomic mass is 10.0. The van der Waals surface area contributed by atoms with Gasteiger partial charge < -0.3 is 27.9 Å². The Morgan fingerprint density at radius 1 is 0.525 bits per heavy atom. The highest BCUT2D eigenvalue weighted by Crippen LogP contribution is 2.38. The summed E-state index contributed by atoms with van der Waals surface area (Å²) in [7, 11) is 1.16. The molecule has 0 aliphatic heterocycles. The summed E-state index contributed by atoms with van der Waals surface area (Å²) in [5.41, 5.74) is 0.